The molecule has 1 aliphatic carbocycles. The van der Waals surface area contributed by atoms with Gasteiger partial charge in [-0.15, -0.1) is 0 Å². The van der Waals surface area contributed by atoms with Gasteiger partial charge in [0.25, 0.3) is 0 Å². The lowest BCUT2D eigenvalue weighted by Crippen LogP contribution is -2.31. The third-order valence-corrected chi connectivity index (χ3v) is 6.45. The zero-order valence-corrected chi connectivity index (χ0v) is 15.7. The molecule has 2 N–H and O–H groups in total. The normalized spacial score (nSPS) is 17.2. The largest absolute Gasteiger partial charge is 0.358 e. The summed E-state index contributed by atoms with van der Waals surface area (Å²) < 4.78 is 0. The zero-order chi connectivity index (χ0) is 17.7. The molecule has 0 amide bonds. The van der Waals surface area contributed by atoms with E-state index in [-0.39, 0.29) is 5.41 Å². The molecule has 2 aromatic carbocycles. The fraction of sp³-hybridized carbons (Fsp3) is 0.333. The maximum Gasteiger partial charge on any atom is 0.0459 e. The number of hydrogen-bond acceptors (Lipinski definition) is 0. The van der Waals surface area contributed by atoms with E-state index in [1.807, 2.05) is 0 Å². The lowest BCUT2D eigenvalue weighted by atomic mass is 9.63. The smallest absolute Gasteiger partial charge is 0.0459 e. The lowest BCUT2D eigenvalue weighted by molar-refractivity contribution is 0.348. The van der Waals surface area contributed by atoms with E-state index in [1.54, 1.807) is 0 Å². The van der Waals surface area contributed by atoms with Crippen molar-refractivity contribution in [3.63, 3.8) is 0 Å². The van der Waals surface area contributed by atoms with Crippen molar-refractivity contribution in [3.05, 3.63) is 71.0 Å². The molecular weight excluding hydrogens is 316 g/mol. The Morgan fingerprint density at radius 2 is 1.12 bits per heavy atom. The maximum absolute atomic E-state index is 3.67. The number of H-pyrrole nitrogens is 2. The van der Waals surface area contributed by atoms with Gasteiger partial charge in [-0.25, -0.2) is 0 Å². The Hall–Kier alpha value is -2.48. The number of fused-ring (bicyclic) bond motifs is 2. The minimum atomic E-state index is 0.103. The van der Waals surface area contributed by atoms with E-state index in [9.17, 15) is 0 Å². The Bertz CT molecular complexity index is 1010. The van der Waals surface area contributed by atoms with Gasteiger partial charge in [-0.05, 0) is 49.9 Å². The lowest BCUT2D eigenvalue weighted by Gasteiger charge is -2.39. The Kier molecular flexibility index (Phi) is 3.49. The first-order chi connectivity index (χ1) is 12.7. The molecule has 0 aliphatic heterocycles. The first kappa shape index (κ1) is 15.7. The topological polar surface area (TPSA) is 31.6 Å². The van der Waals surface area contributed by atoms with Crippen LogP contribution in [0.15, 0.2) is 48.5 Å². The molecule has 2 heterocycles. The minimum absolute atomic E-state index is 0.103. The molecule has 0 atom stereocenters. The second kappa shape index (κ2) is 5.77. The highest BCUT2D eigenvalue weighted by Crippen LogP contribution is 2.51. The van der Waals surface area contributed by atoms with Crippen LogP contribution in [0, 0.1) is 13.8 Å². The van der Waals surface area contributed by atoms with Crippen molar-refractivity contribution >= 4 is 21.8 Å². The van der Waals surface area contributed by atoms with Crippen molar-refractivity contribution in [3.8, 4) is 0 Å². The van der Waals surface area contributed by atoms with Gasteiger partial charge in [0.15, 0.2) is 0 Å². The summed E-state index contributed by atoms with van der Waals surface area (Å²) in [7, 11) is 0. The van der Waals surface area contributed by atoms with Gasteiger partial charge >= 0.3 is 0 Å². The molecule has 0 saturated heterocycles. The van der Waals surface area contributed by atoms with E-state index in [0.717, 1.165) is 0 Å². The molecule has 0 spiro atoms. The summed E-state index contributed by atoms with van der Waals surface area (Å²) >= 11 is 0. The summed E-state index contributed by atoms with van der Waals surface area (Å²) in [4.78, 5) is 7.34. The number of nitrogens with one attached hydrogen (secondary N) is 2. The molecule has 0 unspecified atom stereocenters. The summed E-state index contributed by atoms with van der Waals surface area (Å²) in [6, 6.07) is 17.6. The Morgan fingerprint density at radius 3 is 1.62 bits per heavy atom. The Morgan fingerprint density at radius 1 is 0.654 bits per heavy atom. The molecule has 5 rings (SSSR count). The monoisotopic (exact) mass is 342 g/mol. The van der Waals surface area contributed by atoms with Crippen LogP contribution in [-0.2, 0) is 5.41 Å². The van der Waals surface area contributed by atoms with Crippen LogP contribution < -0.4 is 0 Å². The van der Waals surface area contributed by atoms with Crippen LogP contribution in [0.1, 0.15) is 54.6 Å². The van der Waals surface area contributed by atoms with Gasteiger partial charge in [0.05, 0.1) is 0 Å². The summed E-state index contributed by atoms with van der Waals surface area (Å²) in [5, 5.41) is 2.80. The van der Waals surface area contributed by atoms with Crippen LogP contribution in [0.4, 0.5) is 0 Å². The van der Waals surface area contributed by atoms with Crippen molar-refractivity contribution in [2.24, 2.45) is 0 Å². The predicted octanol–water partition coefficient (Wildman–Crippen LogP) is 6.52. The van der Waals surface area contributed by atoms with Gasteiger partial charge in [-0.2, -0.15) is 0 Å². The first-order valence-electron chi connectivity index (χ1n) is 9.86. The SMILES string of the molecule is Cc1[nH]c2ccccc2c1C1(c2c(C)[nH]c3ccccc23)CCCCC1. The van der Waals surface area contributed by atoms with Crippen molar-refractivity contribution in [1.82, 2.24) is 9.97 Å². The fourth-order valence-electron chi connectivity index (χ4n) is 5.57. The third-order valence-electron chi connectivity index (χ3n) is 6.45. The molecule has 4 aromatic rings. The third kappa shape index (κ3) is 2.11. The van der Waals surface area contributed by atoms with E-state index >= 15 is 0 Å². The van der Waals surface area contributed by atoms with Crippen LogP contribution >= 0.6 is 0 Å². The zero-order valence-electron chi connectivity index (χ0n) is 15.7. The van der Waals surface area contributed by atoms with Gasteiger partial charge in [-0.3, -0.25) is 0 Å². The predicted molar refractivity (Wildman–Crippen MR) is 110 cm³/mol. The van der Waals surface area contributed by atoms with Crippen molar-refractivity contribution in [2.75, 3.05) is 0 Å². The van der Waals surface area contributed by atoms with E-state index in [1.165, 1.54) is 76.4 Å². The van der Waals surface area contributed by atoms with Crippen LogP contribution in [0.25, 0.3) is 21.8 Å². The molecule has 26 heavy (non-hydrogen) atoms. The molecule has 0 bridgehead atoms. The molecule has 2 nitrogen and oxygen atoms in total. The number of aryl methyl sites for hydroxylation is 2. The van der Waals surface area contributed by atoms with Gasteiger partial charge in [0.2, 0.25) is 0 Å². The number of hydrogen-bond donors (Lipinski definition) is 2. The second-order valence-corrected chi connectivity index (χ2v) is 7.98. The number of para-hydroxylation sites is 2. The Labute approximate surface area is 154 Å². The van der Waals surface area contributed by atoms with Gasteiger partial charge in [0.1, 0.15) is 0 Å². The molecule has 2 aromatic heterocycles. The fourth-order valence-corrected chi connectivity index (χ4v) is 5.57. The van der Waals surface area contributed by atoms with Crippen LogP contribution in [-0.4, -0.2) is 9.97 Å². The summed E-state index contributed by atoms with van der Waals surface area (Å²) in [5.41, 5.74) is 8.35. The molecule has 2 heteroatoms. The molecular formula is C24H26N2. The summed E-state index contributed by atoms with van der Waals surface area (Å²) in [6.07, 6.45) is 6.43. The molecule has 1 aliphatic rings. The number of rotatable bonds is 2. The molecule has 1 fully saturated rings. The van der Waals surface area contributed by atoms with Crippen molar-refractivity contribution in [1.29, 1.82) is 0 Å². The quantitative estimate of drug-likeness (QED) is 0.416. The van der Waals surface area contributed by atoms with Gasteiger partial charge in [0, 0.05) is 38.6 Å². The van der Waals surface area contributed by atoms with Gasteiger partial charge in [-0.1, -0.05) is 55.7 Å². The standard InChI is InChI=1S/C24H26N2/c1-16-22(18-10-4-6-12-20(18)25-16)24(14-8-3-9-15-24)23-17(2)26-21-13-7-5-11-19(21)23/h4-7,10-13,25-26H,3,8-9,14-15H2,1-2H3. The highest BCUT2D eigenvalue weighted by Gasteiger charge is 2.41. The van der Waals surface area contributed by atoms with E-state index < -0.39 is 0 Å². The average Bonchev–Trinajstić information content (AvgIpc) is 3.18. The highest BCUT2D eigenvalue weighted by atomic mass is 14.7. The van der Waals surface area contributed by atoms with E-state index in [2.05, 4.69) is 72.3 Å². The number of aromatic amines is 2. The van der Waals surface area contributed by atoms with Crippen LogP contribution in [0.3, 0.4) is 0 Å². The molecule has 0 radical (unpaired) electrons. The van der Waals surface area contributed by atoms with Crippen molar-refractivity contribution in [2.45, 2.75) is 51.4 Å². The highest BCUT2D eigenvalue weighted by molar-refractivity contribution is 5.91. The second-order valence-electron chi connectivity index (χ2n) is 7.98. The minimum Gasteiger partial charge on any atom is -0.358 e. The van der Waals surface area contributed by atoms with Gasteiger partial charge < -0.3 is 9.97 Å². The average molecular weight is 342 g/mol. The molecule has 1 saturated carbocycles. The van der Waals surface area contributed by atoms with Crippen LogP contribution in [0.5, 0.6) is 0 Å². The summed E-state index contributed by atoms with van der Waals surface area (Å²) in [6.45, 7) is 4.52. The van der Waals surface area contributed by atoms with E-state index in [4.69, 9.17) is 0 Å². The maximum atomic E-state index is 3.67. The Balaban J connectivity index is 1.88. The first-order valence-corrected chi connectivity index (χ1v) is 9.86. The number of benzene rings is 2. The van der Waals surface area contributed by atoms with E-state index in [0.29, 0.717) is 0 Å². The van der Waals surface area contributed by atoms with Crippen molar-refractivity contribution < 1.29 is 0 Å². The summed E-state index contributed by atoms with van der Waals surface area (Å²) in [5.74, 6) is 0. The number of aromatic nitrogens is 2. The molecule has 132 valence electrons. The van der Waals surface area contributed by atoms with Crippen LogP contribution in [0.2, 0.25) is 0 Å².